The lowest BCUT2D eigenvalue weighted by Gasteiger charge is -2.20. The van der Waals surface area contributed by atoms with Crippen molar-refractivity contribution in [1.82, 2.24) is 9.97 Å². The Labute approximate surface area is 229 Å². The number of hydrogen-bond donors (Lipinski definition) is 0. The Balaban J connectivity index is 1.55. The predicted molar refractivity (Wildman–Crippen MR) is 162 cm³/mol. The van der Waals surface area contributed by atoms with Gasteiger partial charge in [-0.25, -0.2) is 9.97 Å². The number of rotatable bonds is 3. The number of furan rings is 1. The van der Waals surface area contributed by atoms with Gasteiger partial charge in [-0.1, -0.05) is 61.9 Å². The van der Waals surface area contributed by atoms with E-state index in [-0.39, 0.29) is 0 Å². The summed E-state index contributed by atoms with van der Waals surface area (Å²) in [6.45, 7) is 11.1. The molecule has 1 unspecified atom stereocenters. The highest BCUT2D eigenvalue weighted by molar-refractivity contribution is 6.11. The molecule has 3 nitrogen and oxygen atoms in total. The SMILES string of the molecule is Cc1ccc(-c2cc3c(C4CCC(C)(C)C4)cccc3c(-c3cc(C)cc4c3oc3nc(C)ccc34)n2)cc1. The van der Waals surface area contributed by atoms with E-state index in [4.69, 9.17) is 14.4 Å². The van der Waals surface area contributed by atoms with Crippen molar-refractivity contribution in [3.63, 3.8) is 0 Å². The molecule has 0 spiro atoms. The Morgan fingerprint density at radius 3 is 2.36 bits per heavy atom. The van der Waals surface area contributed by atoms with Crippen LogP contribution >= 0.6 is 0 Å². The van der Waals surface area contributed by atoms with Crippen molar-refractivity contribution in [2.24, 2.45) is 5.41 Å². The molecule has 0 amide bonds. The Morgan fingerprint density at radius 1 is 0.769 bits per heavy atom. The number of aryl methyl sites for hydroxylation is 3. The molecule has 1 aliphatic carbocycles. The summed E-state index contributed by atoms with van der Waals surface area (Å²) in [4.78, 5) is 10.1. The van der Waals surface area contributed by atoms with E-state index in [1.807, 2.05) is 6.92 Å². The molecule has 0 radical (unpaired) electrons. The highest BCUT2D eigenvalue weighted by Crippen LogP contribution is 2.48. The Morgan fingerprint density at radius 2 is 1.59 bits per heavy atom. The normalized spacial score (nSPS) is 17.0. The standard InChI is InChI=1S/C36H34N2O/c1-21-9-12-24(13-10-21)32-19-29-26(25-15-16-36(4,5)20-25)7-6-8-27(29)33(38-32)31-18-22(2)17-30-28-14-11-23(3)37-35(28)39-34(30)31/h6-14,17-19,25H,15-16,20H2,1-5H3. The monoisotopic (exact) mass is 510 g/mol. The molecule has 0 saturated heterocycles. The topological polar surface area (TPSA) is 38.9 Å². The van der Waals surface area contributed by atoms with E-state index in [1.54, 1.807) is 0 Å². The van der Waals surface area contributed by atoms with Gasteiger partial charge in [0.25, 0.3) is 0 Å². The molecule has 1 saturated carbocycles. The molecule has 0 N–H and O–H groups in total. The first kappa shape index (κ1) is 24.1. The molecule has 6 aromatic rings. The Bertz CT molecular complexity index is 1890. The van der Waals surface area contributed by atoms with Gasteiger partial charge in [-0.05, 0) is 98.2 Å². The van der Waals surface area contributed by atoms with Crippen LogP contribution in [0.4, 0.5) is 0 Å². The molecule has 1 fully saturated rings. The second-order valence-corrected chi connectivity index (χ2v) is 12.4. The zero-order valence-electron chi connectivity index (χ0n) is 23.4. The summed E-state index contributed by atoms with van der Waals surface area (Å²) >= 11 is 0. The first-order chi connectivity index (χ1) is 18.8. The van der Waals surface area contributed by atoms with Crippen LogP contribution in [-0.2, 0) is 0 Å². The lowest BCUT2D eigenvalue weighted by molar-refractivity contribution is 0.376. The summed E-state index contributed by atoms with van der Waals surface area (Å²) in [5.74, 6) is 0.556. The number of aromatic nitrogens is 2. The average Bonchev–Trinajstić information content (AvgIpc) is 3.46. The fourth-order valence-corrected chi connectivity index (χ4v) is 6.61. The number of fused-ring (bicyclic) bond motifs is 4. The molecule has 1 atom stereocenters. The van der Waals surface area contributed by atoms with Crippen LogP contribution in [0.25, 0.3) is 55.4 Å². The van der Waals surface area contributed by atoms with Gasteiger partial charge in [0, 0.05) is 33.0 Å². The van der Waals surface area contributed by atoms with Crippen molar-refractivity contribution >= 4 is 32.8 Å². The molecule has 39 heavy (non-hydrogen) atoms. The van der Waals surface area contributed by atoms with E-state index in [9.17, 15) is 0 Å². The van der Waals surface area contributed by atoms with Gasteiger partial charge in [-0.3, -0.25) is 0 Å². The maximum Gasteiger partial charge on any atom is 0.227 e. The van der Waals surface area contributed by atoms with Crippen LogP contribution in [0.1, 0.15) is 61.4 Å². The first-order valence-electron chi connectivity index (χ1n) is 14.1. The summed E-state index contributed by atoms with van der Waals surface area (Å²) in [5, 5.41) is 4.63. The molecule has 3 aromatic carbocycles. The molecule has 3 aromatic heterocycles. The van der Waals surface area contributed by atoms with Gasteiger partial charge in [0.1, 0.15) is 5.58 Å². The van der Waals surface area contributed by atoms with Crippen molar-refractivity contribution in [3.8, 4) is 22.5 Å². The van der Waals surface area contributed by atoms with Gasteiger partial charge in [-0.15, -0.1) is 0 Å². The zero-order chi connectivity index (χ0) is 26.9. The zero-order valence-corrected chi connectivity index (χ0v) is 23.4. The highest BCUT2D eigenvalue weighted by Gasteiger charge is 2.33. The summed E-state index contributed by atoms with van der Waals surface area (Å²) in [6.07, 6.45) is 3.71. The summed E-state index contributed by atoms with van der Waals surface area (Å²) in [5.41, 5.74) is 10.9. The van der Waals surface area contributed by atoms with Crippen molar-refractivity contribution in [1.29, 1.82) is 0 Å². The van der Waals surface area contributed by atoms with Gasteiger partial charge in [0.05, 0.1) is 11.4 Å². The smallest absolute Gasteiger partial charge is 0.227 e. The first-order valence-corrected chi connectivity index (χ1v) is 14.1. The van der Waals surface area contributed by atoms with E-state index in [0.29, 0.717) is 17.0 Å². The summed E-state index contributed by atoms with van der Waals surface area (Å²) in [6, 6.07) is 26.5. The fraction of sp³-hybridized carbons (Fsp3) is 0.278. The van der Waals surface area contributed by atoms with Crippen LogP contribution in [0.5, 0.6) is 0 Å². The van der Waals surface area contributed by atoms with Crippen LogP contribution in [0.3, 0.4) is 0 Å². The van der Waals surface area contributed by atoms with E-state index in [2.05, 4.69) is 100 Å². The lowest BCUT2D eigenvalue weighted by Crippen LogP contribution is -2.05. The molecule has 1 aliphatic rings. The van der Waals surface area contributed by atoms with Crippen LogP contribution in [0.2, 0.25) is 0 Å². The lowest BCUT2D eigenvalue weighted by atomic mass is 9.86. The third kappa shape index (κ3) is 4.12. The average molecular weight is 511 g/mol. The van der Waals surface area contributed by atoms with Crippen molar-refractivity contribution < 1.29 is 4.42 Å². The van der Waals surface area contributed by atoms with Gasteiger partial charge in [0.15, 0.2) is 0 Å². The predicted octanol–water partition coefficient (Wildman–Crippen LogP) is 10.1. The van der Waals surface area contributed by atoms with Crippen molar-refractivity contribution in [3.05, 3.63) is 95.2 Å². The van der Waals surface area contributed by atoms with Crippen LogP contribution < -0.4 is 0 Å². The third-order valence-electron chi connectivity index (χ3n) is 8.64. The molecule has 0 aliphatic heterocycles. The quantitative estimate of drug-likeness (QED) is 0.238. The van der Waals surface area contributed by atoms with E-state index in [0.717, 1.165) is 44.6 Å². The maximum absolute atomic E-state index is 6.49. The van der Waals surface area contributed by atoms with Crippen LogP contribution in [0.15, 0.2) is 77.2 Å². The molecule has 7 rings (SSSR count). The molecular weight excluding hydrogens is 476 g/mol. The number of benzene rings is 3. The van der Waals surface area contributed by atoms with E-state index < -0.39 is 0 Å². The summed E-state index contributed by atoms with van der Waals surface area (Å²) < 4.78 is 6.49. The number of nitrogens with zero attached hydrogens (tertiary/aromatic N) is 2. The van der Waals surface area contributed by atoms with Crippen molar-refractivity contribution in [2.45, 2.75) is 59.8 Å². The maximum atomic E-state index is 6.49. The summed E-state index contributed by atoms with van der Waals surface area (Å²) in [7, 11) is 0. The second-order valence-electron chi connectivity index (χ2n) is 12.4. The van der Waals surface area contributed by atoms with E-state index in [1.165, 1.54) is 46.7 Å². The molecule has 0 bridgehead atoms. The van der Waals surface area contributed by atoms with Gasteiger partial charge in [0.2, 0.25) is 5.71 Å². The third-order valence-corrected chi connectivity index (χ3v) is 8.64. The minimum atomic E-state index is 0.380. The fourth-order valence-electron chi connectivity index (χ4n) is 6.61. The molecule has 194 valence electrons. The minimum Gasteiger partial charge on any atom is -0.437 e. The number of hydrogen-bond acceptors (Lipinski definition) is 3. The Kier molecular flexibility index (Phi) is 5.42. The second kappa shape index (κ2) is 8.77. The minimum absolute atomic E-state index is 0.380. The van der Waals surface area contributed by atoms with Gasteiger partial charge in [-0.2, -0.15) is 0 Å². The van der Waals surface area contributed by atoms with Crippen LogP contribution in [-0.4, -0.2) is 9.97 Å². The Hall–Kier alpha value is -3.98. The molecular formula is C36H34N2O. The highest BCUT2D eigenvalue weighted by atomic mass is 16.3. The van der Waals surface area contributed by atoms with Crippen molar-refractivity contribution in [2.75, 3.05) is 0 Å². The van der Waals surface area contributed by atoms with Crippen LogP contribution in [0, 0.1) is 26.2 Å². The number of pyridine rings is 2. The molecule has 3 heteroatoms. The van der Waals surface area contributed by atoms with Gasteiger partial charge >= 0.3 is 0 Å². The van der Waals surface area contributed by atoms with Gasteiger partial charge < -0.3 is 4.42 Å². The largest absolute Gasteiger partial charge is 0.437 e. The van der Waals surface area contributed by atoms with E-state index >= 15 is 0 Å². The molecule has 3 heterocycles.